The number of carbonyl (C=O) groups excluding carboxylic acids is 1. The minimum atomic E-state index is -0.558. The number of nitrogens with two attached hydrogens (primary N) is 1. The topological polar surface area (TPSA) is 84.3 Å². The number of ether oxygens (including phenoxy) is 1. The number of esters is 1. The maximum atomic E-state index is 12.1. The Kier molecular flexibility index (Phi) is 4.43. The molecule has 0 aliphatic carbocycles. The lowest BCUT2D eigenvalue weighted by Gasteiger charge is -2.29. The second-order valence-corrected chi connectivity index (χ2v) is 5.85. The monoisotopic (exact) mass is 324 g/mol. The van der Waals surface area contributed by atoms with Crippen LogP contribution >= 0.6 is 0 Å². The van der Waals surface area contributed by atoms with Gasteiger partial charge in [-0.3, -0.25) is 0 Å². The molecule has 0 unspecified atom stereocenters. The number of benzene rings is 1. The highest BCUT2D eigenvalue weighted by molar-refractivity contribution is 5.96. The molecule has 1 aromatic carbocycles. The zero-order chi connectivity index (χ0) is 17.1. The number of nitriles is 1. The number of aromatic nitrogens is 1. The Morgan fingerprint density at radius 3 is 2.62 bits per heavy atom. The SMILES string of the molecule is COC(=O)c1c(N)c(C#N)cn1-c1cccc(N2CCCCC2)c1. The van der Waals surface area contributed by atoms with Gasteiger partial charge in [0, 0.05) is 30.7 Å². The van der Waals surface area contributed by atoms with Crippen LogP contribution in [-0.4, -0.2) is 30.7 Å². The first-order chi connectivity index (χ1) is 11.7. The highest BCUT2D eigenvalue weighted by atomic mass is 16.5. The average Bonchev–Trinajstić information content (AvgIpc) is 2.98. The van der Waals surface area contributed by atoms with Crippen molar-refractivity contribution < 1.29 is 9.53 Å². The fraction of sp³-hybridized carbons (Fsp3) is 0.333. The van der Waals surface area contributed by atoms with Gasteiger partial charge in [0.15, 0.2) is 5.69 Å². The van der Waals surface area contributed by atoms with E-state index in [1.54, 1.807) is 10.8 Å². The van der Waals surface area contributed by atoms with Gasteiger partial charge in [0.25, 0.3) is 0 Å². The van der Waals surface area contributed by atoms with Gasteiger partial charge in [-0.05, 0) is 37.5 Å². The number of methoxy groups -OCH3 is 1. The van der Waals surface area contributed by atoms with Crippen LogP contribution in [0.4, 0.5) is 11.4 Å². The van der Waals surface area contributed by atoms with Crippen LogP contribution in [0, 0.1) is 11.3 Å². The van der Waals surface area contributed by atoms with E-state index >= 15 is 0 Å². The summed E-state index contributed by atoms with van der Waals surface area (Å²) in [5.41, 5.74) is 8.44. The first-order valence-electron chi connectivity index (χ1n) is 8.00. The molecule has 0 saturated carbocycles. The summed E-state index contributed by atoms with van der Waals surface area (Å²) in [7, 11) is 1.30. The highest BCUT2D eigenvalue weighted by Gasteiger charge is 2.22. The molecule has 3 rings (SSSR count). The van der Waals surface area contributed by atoms with Gasteiger partial charge >= 0.3 is 5.97 Å². The van der Waals surface area contributed by atoms with Gasteiger partial charge in [-0.25, -0.2) is 4.79 Å². The van der Waals surface area contributed by atoms with E-state index in [0.29, 0.717) is 0 Å². The minimum absolute atomic E-state index is 0.146. The maximum absolute atomic E-state index is 12.1. The second kappa shape index (κ2) is 6.67. The van der Waals surface area contributed by atoms with Gasteiger partial charge < -0.3 is 19.9 Å². The molecule has 1 saturated heterocycles. The summed E-state index contributed by atoms with van der Waals surface area (Å²) in [5.74, 6) is -0.558. The molecule has 1 aliphatic heterocycles. The molecule has 0 atom stereocenters. The standard InChI is InChI=1S/C18H20N4O2/c1-24-18(23)17-16(20)13(11-19)12-22(17)15-7-5-6-14(10-15)21-8-3-2-4-9-21/h5-7,10,12H,2-4,8-9,20H2,1H3. The molecule has 2 heterocycles. The predicted octanol–water partition coefficient (Wildman–Crippen LogP) is 2.71. The molecule has 1 aromatic heterocycles. The normalized spacial score (nSPS) is 14.2. The van der Waals surface area contributed by atoms with E-state index in [4.69, 9.17) is 10.5 Å². The Bertz CT molecular complexity index is 798. The molecule has 124 valence electrons. The van der Waals surface area contributed by atoms with E-state index in [1.165, 1.54) is 26.4 Å². The van der Waals surface area contributed by atoms with Gasteiger partial charge in [-0.2, -0.15) is 5.26 Å². The molecule has 2 N–H and O–H groups in total. The largest absolute Gasteiger partial charge is 0.464 e. The van der Waals surface area contributed by atoms with Crippen LogP contribution in [-0.2, 0) is 4.74 Å². The average molecular weight is 324 g/mol. The number of piperidine rings is 1. The van der Waals surface area contributed by atoms with Crippen LogP contribution in [0.15, 0.2) is 30.5 Å². The summed E-state index contributed by atoms with van der Waals surface area (Å²) >= 11 is 0. The van der Waals surface area contributed by atoms with E-state index in [-0.39, 0.29) is 16.9 Å². The van der Waals surface area contributed by atoms with E-state index in [9.17, 15) is 10.1 Å². The van der Waals surface area contributed by atoms with Crippen molar-refractivity contribution in [1.29, 1.82) is 5.26 Å². The molecular formula is C18H20N4O2. The zero-order valence-electron chi connectivity index (χ0n) is 13.7. The van der Waals surface area contributed by atoms with Crippen molar-refractivity contribution in [3.05, 3.63) is 41.7 Å². The summed E-state index contributed by atoms with van der Waals surface area (Å²) in [6.45, 7) is 2.06. The third-order valence-electron chi connectivity index (χ3n) is 4.37. The number of anilines is 2. The molecule has 0 radical (unpaired) electrons. The van der Waals surface area contributed by atoms with E-state index in [2.05, 4.69) is 11.0 Å². The van der Waals surface area contributed by atoms with Crippen molar-refractivity contribution in [2.45, 2.75) is 19.3 Å². The Balaban J connectivity index is 2.06. The van der Waals surface area contributed by atoms with Crippen molar-refractivity contribution in [1.82, 2.24) is 4.57 Å². The number of nitrogens with zero attached hydrogens (tertiary/aromatic N) is 3. The molecule has 0 bridgehead atoms. The summed E-state index contributed by atoms with van der Waals surface area (Å²) in [6.07, 6.45) is 5.22. The van der Waals surface area contributed by atoms with E-state index in [1.807, 2.05) is 24.3 Å². The third kappa shape index (κ3) is 2.81. The fourth-order valence-electron chi connectivity index (χ4n) is 3.11. The molecule has 6 heteroatoms. The van der Waals surface area contributed by atoms with Crippen LogP contribution in [0.3, 0.4) is 0 Å². The van der Waals surface area contributed by atoms with Crippen LogP contribution in [0.1, 0.15) is 35.3 Å². The maximum Gasteiger partial charge on any atom is 0.357 e. The lowest BCUT2D eigenvalue weighted by Crippen LogP contribution is -2.29. The molecule has 24 heavy (non-hydrogen) atoms. The summed E-state index contributed by atoms with van der Waals surface area (Å²) in [5, 5.41) is 9.21. The van der Waals surface area contributed by atoms with Crippen molar-refractivity contribution in [2.75, 3.05) is 30.8 Å². The van der Waals surface area contributed by atoms with Gasteiger partial charge in [-0.1, -0.05) is 6.07 Å². The second-order valence-electron chi connectivity index (χ2n) is 5.85. The molecule has 6 nitrogen and oxygen atoms in total. The van der Waals surface area contributed by atoms with Gasteiger partial charge in [-0.15, -0.1) is 0 Å². The van der Waals surface area contributed by atoms with Crippen LogP contribution in [0.5, 0.6) is 0 Å². The van der Waals surface area contributed by atoms with Gasteiger partial charge in [0.05, 0.1) is 18.4 Å². The first-order valence-corrected chi connectivity index (χ1v) is 8.00. The van der Waals surface area contributed by atoms with Crippen molar-refractivity contribution >= 4 is 17.3 Å². The van der Waals surface area contributed by atoms with E-state index in [0.717, 1.165) is 24.5 Å². The molecule has 1 aliphatic rings. The Morgan fingerprint density at radius 1 is 1.25 bits per heavy atom. The Hall–Kier alpha value is -2.94. The van der Waals surface area contributed by atoms with Crippen molar-refractivity contribution in [2.24, 2.45) is 0 Å². The summed E-state index contributed by atoms with van der Waals surface area (Å²) in [6, 6.07) is 9.93. The van der Waals surface area contributed by atoms with Gasteiger partial charge in [0.1, 0.15) is 6.07 Å². The van der Waals surface area contributed by atoms with Crippen LogP contribution in [0.2, 0.25) is 0 Å². The van der Waals surface area contributed by atoms with Gasteiger partial charge in [0.2, 0.25) is 0 Å². The molecule has 0 amide bonds. The van der Waals surface area contributed by atoms with Crippen LogP contribution in [0.25, 0.3) is 5.69 Å². The smallest absolute Gasteiger partial charge is 0.357 e. The van der Waals surface area contributed by atoms with Crippen molar-refractivity contribution in [3.63, 3.8) is 0 Å². The highest BCUT2D eigenvalue weighted by Crippen LogP contribution is 2.28. The third-order valence-corrected chi connectivity index (χ3v) is 4.37. The summed E-state index contributed by atoms with van der Waals surface area (Å²) < 4.78 is 6.46. The molecule has 1 fully saturated rings. The predicted molar refractivity (Wildman–Crippen MR) is 92.3 cm³/mol. The number of carbonyl (C=O) groups is 1. The number of nitrogen functional groups attached to an aromatic ring is 1. The number of hydrogen-bond acceptors (Lipinski definition) is 5. The Morgan fingerprint density at radius 2 is 1.96 bits per heavy atom. The molecular weight excluding hydrogens is 304 g/mol. The lowest BCUT2D eigenvalue weighted by atomic mass is 10.1. The zero-order valence-corrected chi connectivity index (χ0v) is 13.7. The minimum Gasteiger partial charge on any atom is -0.464 e. The quantitative estimate of drug-likeness (QED) is 0.878. The Labute approximate surface area is 141 Å². The first kappa shape index (κ1) is 15.9. The molecule has 2 aromatic rings. The molecule has 0 spiro atoms. The van der Waals surface area contributed by atoms with Crippen molar-refractivity contribution in [3.8, 4) is 11.8 Å². The lowest BCUT2D eigenvalue weighted by molar-refractivity contribution is 0.0593. The van der Waals surface area contributed by atoms with E-state index < -0.39 is 5.97 Å². The number of rotatable bonds is 3. The fourth-order valence-corrected chi connectivity index (χ4v) is 3.11. The summed E-state index contributed by atoms with van der Waals surface area (Å²) in [4.78, 5) is 14.4. The number of hydrogen-bond donors (Lipinski definition) is 1. The van der Waals surface area contributed by atoms with Crippen LogP contribution < -0.4 is 10.6 Å².